The van der Waals surface area contributed by atoms with Gasteiger partial charge in [0.25, 0.3) is 0 Å². The molecular weight excluding hydrogens is 306 g/mol. The van der Waals surface area contributed by atoms with Gasteiger partial charge in [-0.15, -0.1) is 0 Å². The van der Waals surface area contributed by atoms with Crippen molar-refractivity contribution in [1.82, 2.24) is 0 Å². The Morgan fingerprint density at radius 1 is 0.667 bits per heavy atom. The van der Waals surface area contributed by atoms with Gasteiger partial charge in [-0.1, -0.05) is 94.2 Å². The third-order valence-electron chi connectivity index (χ3n) is 4.89. The van der Waals surface area contributed by atoms with Crippen LogP contribution in [0.15, 0.2) is 30.3 Å². The number of rotatable bonds is 15. The summed E-state index contributed by atoms with van der Waals surface area (Å²) in [6, 6.07) is 12.1. The smallest absolute Gasteiger partial charge is 0.104 e. The molecule has 0 unspecified atom stereocenters. The van der Waals surface area contributed by atoms with Gasteiger partial charge in [-0.2, -0.15) is 0 Å². The Bertz CT molecular complexity index is 388. The van der Waals surface area contributed by atoms with Gasteiger partial charge in [0.05, 0.1) is 20.6 Å². The largest absolute Gasteiger partial charge is 0.325 e. The van der Waals surface area contributed by atoms with E-state index < -0.39 is 0 Å². The van der Waals surface area contributed by atoms with Crippen LogP contribution >= 0.6 is 0 Å². The average molecular weight is 346 g/mol. The summed E-state index contributed by atoms with van der Waals surface area (Å²) in [6.07, 6.45) is 15.6. The molecule has 0 fully saturated rings. The first kappa shape index (κ1) is 21.4. The Hall–Kier alpha value is -0.603. The summed E-state index contributed by atoms with van der Waals surface area (Å²) in [5.41, 5.74) is 1.46. The van der Waals surface area contributed by atoms with Gasteiger partial charge in [-0.25, -0.2) is 0 Å². The van der Waals surface area contributed by atoms with E-state index in [1.54, 1.807) is 0 Å². The lowest BCUT2D eigenvalue weighted by molar-refractivity contribution is -0.903. The van der Waals surface area contributed by atoms with E-state index in [2.05, 4.69) is 54.7 Å². The van der Waals surface area contributed by atoms with E-state index in [0.29, 0.717) is 0 Å². The van der Waals surface area contributed by atoms with Crippen LogP contribution in [0.5, 0.6) is 0 Å². The van der Waals surface area contributed by atoms with Crippen LogP contribution in [-0.2, 0) is 6.54 Å². The minimum absolute atomic E-state index is 1.11. The second-order valence-electron chi connectivity index (χ2n) is 7.94. The number of hydrogen-bond acceptors (Lipinski definition) is 0. The molecule has 1 rings (SSSR count). The van der Waals surface area contributed by atoms with Crippen molar-refractivity contribution in [2.75, 3.05) is 20.6 Å². The highest BCUT2D eigenvalue weighted by Gasteiger charge is 2.14. The first-order valence-corrected chi connectivity index (χ1v) is 10.9. The molecule has 1 nitrogen and oxygen atoms in total. The first-order chi connectivity index (χ1) is 11.6. The van der Waals surface area contributed by atoms with Crippen LogP contribution < -0.4 is 0 Å². The van der Waals surface area contributed by atoms with E-state index in [9.17, 15) is 0 Å². The zero-order valence-electron chi connectivity index (χ0n) is 16.2. The van der Waals surface area contributed by atoms with Crippen molar-refractivity contribution in [3.05, 3.63) is 35.9 Å². The van der Waals surface area contributed by atoms with Crippen LogP contribution in [-0.4, -0.2) is 35.4 Å². The zero-order valence-corrected chi connectivity index (χ0v) is 17.2. The molecule has 0 spiro atoms. The molecule has 0 aliphatic rings. The van der Waals surface area contributed by atoms with E-state index in [1.807, 2.05) is 0 Å². The minimum Gasteiger partial charge on any atom is -0.325 e. The SMILES string of the molecule is C[N+](C)(CCCCCCCCCCCCC[Si])Cc1ccccc1. The standard InChI is InChI=1S/C22H39NSi/c1-23(2,21-22-17-13-12-14-18-22)19-15-10-8-6-4-3-5-7-9-11-16-20-24/h12-14,17-18H,3-11,15-16,19-21H2,1-2H3/q+1. The normalized spacial score (nSPS) is 11.8. The number of hydrogen-bond donors (Lipinski definition) is 0. The molecule has 0 aliphatic heterocycles. The van der Waals surface area contributed by atoms with Gasteiger partial charge < -0.3 is 4.48 Å². The quantitative estimate of drug-likeness (QED) is 0.203. The lowest BCUT2D eigenvalue weighted by Gasteiger charge is -2.30. The van der Waals surface area contributed by atoms with Crippen LogP contribution in [0.25, 0.3) is 0 Å². The molecule has 0 atom stereocenters. The van der Waals surface area contributed by atoms with E-state index in [1.165, 1.54) is 88.8 Å². The molecule has 0 bridgehead atoms. The van der Waals surface area contributed by atoms with Crippen molar-refractivity contribution in [2.45, 2.75) is 83.2 Å². The second kappa shape index (κ2) is 13.7. The van der Waals surface area contributed by atoms with Crippen LogP contribution in [0.4, 0.5) is 0 Å². The van der Waals surface area contributed by atoms with Gasteiger partial charge in [0, 0.05) is 15.8 Å². The van der Waals surface area contributed by atoms with Crippen LogP contribution in [0.1, 0.15) is 76.2 Å². The summed E-state index contributed by atoms with van der Waals surface area (Å²) in [6.45, 7) is 2.44. The number of quaternary nitrogens is 1. The van der Waals surface area contributed by atoms with Crippen LogP contribution in [0.3, 0.4) is 0 Å². The summed E-state index contributed by atoms with van der Waals surface area (Å²) in [7, 11) is 8.27. The molecule has 0 amide bonds. The zero-order chi connectivity index (χ0) is 17.5. The minimum atomic E-state index is 1.11. The van der Waals surface area contributed by atoms with Crippen molar-refractivity contribution in [1.29, 1.82) is 0 Å². The lowest BCUT2D eigenvalue weighted by atomic mass is 10.1. The van der Waals surface area contributed by atoms with Crippen LogP contribution in [0.2, 0.25) is 6.04 Å². The number of benzene rings is 1. The van der Waals surface area contributed by atoms with Crippen molar-refractivity contribution < 1.29 is 4.48 Å². The Labute approximate surface area is 154 Å². The summed E-state index contributed by atoms with van der Waals surface area (Å²) >= 11 is 0. The molecule has 0 saturated carbocycles. The molecule has 1 aromatic carbocycles. The Morgan fingerprint density at radius 2 is 1.12 bits per heavy atom. The highest BCUT2D eigenvalue weighted by atomic mass is 28.1. The van der Waals surface area contributed by atoms with E-state index in [0.717, 1.165) is 11.0 Å². The third-order valence-corrected chi connectivity index (χ3v) is 5.25. The fraction of sp³-hybridized carbons (Fsp3) is 0.727. The molecule has 0 saturated heterocycles. The summed E-state index contributed by atoms with van der Waals surface area (Å²) < 4.78 is 1.11. The fourth-order valence-electron chi connectivity index (χ4n) is 3.41. The summed E-state index contributed by atoms with van der Waals surface area (Å²) in [4.78, 5) is 0. The molecule has 0 heterocycles. The summed E-state index contributed by atoms with van der Waals surface area (Å²) in [5, 5.41) is 0. The predicted molar refractivity (Wildman–Crippen MR) is 108 cm³/mol. The van der Waals surface area contributed by atoms with E-state index >= 15 is 0 Å². The molecular formula is C22H39NSi+. The molecule has 0 aromatic heterocycles. The van der Waals surface area contributed by atoms with Gasteiger partial charge in [-0.05, 0) is 12.8 Å². The van der Waals surface area contributed by atoms with Gasteiger partial charge >= 0.3 is 0 Å². The maximum absolute atomic E-state index is 3.55. The van der Waals surface area contributed by atoms with Crippen molar-refractivity contribution >= 4 is 10.2 Å². The molecule has 0 N–H and O–H groups in total. The molecule has 24 heavy (non-hydrogen) atoms. The molecule has 3 radical (unpaired) electrons. The fourth-order valence-corrected chi connectivity index (χ4v) is 3.66. The summed E-state index contributed by atoms with van der Waals surface area (Å²) in [5.74, 6) is 0. The van der Waals surface area contributed by atoms with Gasteiger partial charge in [0.1, 0.15) is 6.54 Å². The number of unbranched alkanes of at least 4 members (excludes halogenated alkanes) is 10. The highest BCUT2D eigenvalue weighted by molar-refractivity contribution is 6.08. The molecule has 1 aromatic rings. The molecule has 135 valence electrons. The first-order valence-electron chi connectivity index (χ1n) is 10.1. The van der Waals surface area contributed by atoms with Crippen LogP contribution in [0, 0.1) is 0 Å². The second-order valence-corrected chi connectivity index (χ2v) is 8.44. The predicted octanol–water partition coefficient (Wildman–Crippen LogP) is 6.14. The maximum atomic E-state index is 3.55. The Morgan fingerprint density at radius 3 is 1.62 bits per heavy atom. The molecule has 0 aliphatic carbocycles. The van der Waals surface area contributed by atoms with Gasteiger partial charge in [0.15, 0.2) is 0 Å². The van der Waals surface area contributed by atoms with E-state index in [4.69, 9.17) is 0 Å². The maximum Gasteiger partial charge on any atom is 0.104 e. The Kier molecular flexibility index (Phi) is 12.2. The lowest BCUT2D eigenvalue weighted by Crippen LogP contribution is -2.39. The van der Waals surface area contributed by atoms with Crippen molar-refractivity contribution in [2.24, 2.45) is 0 Å². The van der Waals surface area contributed by atoms with Gasteiger partial charge in [-0.3, -0.25) is 0 Å². The monoisotopic (exact) mass is 345 g/mol. The van der Waals surface area contributed by atoms with Crippen molar-refractivity contribution in [3.8, 4) is 0 Å². The topological polar surface area (TPSA) is 0 Å². The average Bonchev–Trinajstić information content (AvgIpc) is 2.56. The molecule has 2 heteroatoms. The highest BCUT2D eigenvalue weighted by Crippen LogP contribution is 2.14. The van der Waals surface area contributed by atoms with Gasteiger partial charge in [0.2, 0.25) is 0 Å². The van der Waals surface area contributed by atoms with Crippen molar-refractivity contribution in [3.63, 3.8) is 0 Å². The Balaban J connectivity index is 1.92. The third kappa shape index (κ3) is 11.9. The van der Waals surface area contributed by atoms with E-state index in [-0.39, 0.29) is 0 Å². The number of nitrogens with zero attached hydrogens (tertiary/aromatic N) is 1.